The molecule has 1 atom stereocenters. The molecule has 1 rings (SSSR count). The number of aromatic hydroxyl groups is 1. The van der Waals surface area contributed by atoms with E-state index in [0.29, 0.717) is 18.7 Å². The molecule has 84 valence electrons. The summed E-state index contributed by atoms with van der Waals surface area (Å²) in [5.41, 5.74) is 1.96. The van der Waals surface area contributed by atoms with Crippen LogP contribution in [0.15, 0.2) is 18.2 Å². The first kappa shape index (κ1) is 12.0. The Morgan fingerprint density at radius 2 is 2.00 bits per heavy atom. The lowest BCUT2D eigenvalue weighted by Crippen LogP contribution is -2.11. The molecule has 0 amide bonds. The quantitative estimate of drug-likeness (QED) is 0.787. The zero-order valence-electron chi connectivity index (χ0n) is 9.57. The van der Waals surface area contributed by atoms with E-state index in [2.05, 4.69) is 0 Å². The maximum absolute atomic E-state index is 9.63. The van der Waals surface area contributed by atoms with Gasteiger partial charge in [0.15, 0.2) is 0 Å². The summed E-state index contributed by atoms with van der Waals surface area (Å²) < 4.78 is 0. The predicted molar refractivity (Wildman–Crippen MR) is 60.9 cm³/mol. The number of phenolic OH excluding ortho intramolecular Hbond substituents is 1. The third-order valence-corrected chi connectivity index (χ3v) is 2.16. The smallest absolute Gasteiger partial charge is 0.120 e. The molecule has 3 heteroatoms. The Balaban J connectivity index is 2.85. The van der Waals surface area contributed by atoms with Crippen molar-refractivity contribution in [1.29, 1.82) is 0 Å². The van der Waals surface area contributed by atoms with E-state index in [1.165, 1.54) is 0 Å². The van der Waals surface area contributed by atoms with E-state index in [9.17, 15) is 10.2 Å². The number of nitrogens with zero attached hydrogens (tertiary/aromatic N) is 1. The Kier molecular flexibility index (Phi) is 4.12. The SMILES string of the molecule is C[C@H](O)Cc1ccc(O)c(CN(C)C)c1. The van der Waals surface area contributed by atoms with Crippen LogP contribution in [0.3, 0.4) is 0 Å². The highest BCUT2D eigenvalue weighted by molar-refractivity contribution is 5.36. The molecule has 0 radical (unpaired) electrons. The van der Waals surface area contributed by atoms with Gasteiger partial charge in [0.05, 0.1) is 6.10 Å². The molecule has 3 nitrogen and oxygen atoms in total. The first-order valence-corrected chi connectivity index (χ1v) is 5.12. The van der Waals surface area contributed by atoms with Gasteiger partial charge in [0.25, 0.3) is 0 Å². The molecule has 0 heterocycles. The minimum Gasteiger partial charge on any atom is -0.508 e. The molecule has 0 saturated carbocycles. The lowest BCUT2D eigenvalue weighted by molar-refractivity contribution is 0.195. The van der Waals surface area contributed by atoms with Crippen LogP contribution in [-0.2, 0) is 13.0 Å². The molecule has 0 aliphatic rings. The number of phenols is 1. The third-order valence-electron chi connectivity index (χ3n) is 2.16. The number of benzene rings is 1. The summed E-state index contributed by atoms with van der Waals surface area (Å²) in [6.07, 6.45) is 0.280. The van der Waals surface area contributed by atoms with Crippen LogP contribution in [0.2, 0.25) is 0 Å². The summed E-state index contributed by atoms with van der Waals surface area (Å²) in [5.74, 6) is 0.318. The van der Waals surface area contributed by atoms with Crippen LogP contribution in [0.4, 0.5) is 0 Å². The molecule has 0 spiro atoms. The first-order valence-electron chi connectivity index (χ1n) is 5.12. The van der Waals surface area contributed by atoms with Gasteiger partial charge in [-0.1, -0.05) is 12.1 Å². The molecule has 0 aliphatic heterocycles. The van der Waals surface area contributed by atoms with E-state index in [1.54, 1.807) is 13.0 Å². The van der Waals surface area contributed by atoms with Crippen molar-refractivity contribution in [2.75, 3.05) is 14.1 Å². The van der Waals surface area contributed by atoms with Crippen molar-refractivity contribution >= 4 is 0 Å². The fourth-order valence-corrected chi connectivity index (χ4v) is 1.57. The summed E-state index contributed by atoms with van der Waals surface area (Å²) in [6, 6.07) is 5.49. The molecule has 0 bridgehead atoms. The topological polar surface area (TPSA) is 43.7 Å². The minimum absolute atomic E-state index is 0.318. The van der Waals surface area contributed by atoms with Crippen molar-refractivity contribution in [3.05, 3.63) is 29.3 Å². The zero-order valence-corrected chi connectivity index (χ0v) is 9.57. The van der Waals surface area contributed by atoms with Crippen LogP contribution in [0.25, 0.3) is 0 Å². The second-order valence-electron chi connectivity index (χ2n) is 4.25. The number of hydrogen-bond donors (Lipinski definition) is 2. The molecular formula is C12H19NO2. The Labute approximate surface area is 91.0 Å². The first-order chi connectivity index (χ1) is 6.99. The highest BCUT2D eigenvalue weighted by Gasteiger charge is 2.05. The normalized spacial score (nSPS) is 13.1. The molecule has 0 aromatic heterocycles. The number of aliphatic hydroxyl groups excluding tert-OH is 1. The van der Waals surface area contributed by atoms with E-state index in [0.717, 1.165) is 11.1 Å². The molecule has 15 heavy (non-hydrogen) atoms. The molecule has 0 saturated heterocycles. The van der Waals surface area contributed by atoms with Crippen molar-refractivity contribution in [2.24, 2.45) is 0 Å². The van der Waals surface area contributed by atoms with E-state index in [1.807, 2.05) is 31.1 Å². The summed E-state index contributed by atoms with van der Waals surface area (Å²) in [6.45, 7) is 2.47. The molecule has 0 aliphatic carbocycles. The minimum atomic E-state index is -0.346. The van der Waals surface area contributed by atoms with E-state index < -0.39 is 0 Å². The van der Waals surface area contributed by atoms with Gasteiger partial charge in [-0.3, -0.25) is 0 Å². The standard InChI is InChI=1S/C12H19NO2/c1-9(14)6-10-4-5-12(15)11(7-10)8-13(2)3/h4-5,7,9,14-15H,6,8H2,1-3H3/t9-/m0/s1. The van der Waals surface area contributed by atoms with Gasteiger partial charge >= 0.3 is 0 Å². The second-order valence-corrected chi connectivity index (χ2v) is 4.25. The monoisotopic (exact) mass is 209 g/mol. The van der Waals surface area contributed by atoms with Crippen molar-refractivity contribution < 1.29 is 10.2 Å². The van der Waals surface area contributed by atoms with Crippen LogP contribution in [0.5, 0.6) is 5.75 Å². The van der Waals surface area contributed by atoms with Gasteiger partial charge in [0, 0.05) is 12.1 Å². The van der Waals surface area contributed by atoms with Crippen LogP contribution in [0.1, 0.15) is 18.1 Å². The average molecular weight is 209 g/mol. The third kappa shape index (κ3) is 3.90. The van der Waals surface area contributed by atoms with Gasteiger partial charge in [-0.25, -0.2) is 0 Å². The number of hydrogen-bond acceptors (Lipinski definition) is 3. The zero-order chi connectivity index (χ0) is 11.4. The molecule has 0 fully saturated rings. The summed E-state index contributed by atoms with van der Waals surface area (Å²) >= 11 is 0. The van der Waals surface area contributed by atoms with Crippen LogP contribution in [-0.4, -0.2) is 35.3 Å². The lowest BCUT2D eigenvalue weighted by atomic mass is 10.0. The summed E-state index contributed by atoms with van der Waals surface area (Å²) in [5, 5.41) is 18.9. The fourth-order valence-electron chi connectivity index (χ4n) is 1.57. The Morgan fingerprint density at radius 3 is 2.53 bits per heavy atom. The maximum atomic E-state index is 9.63. The fraction of sp³-hybridized carbons (Fsp3) is 0.500. The summed E-state index contributed by atoms with van der Waals surface area (Å²) in [4.78, 5) is 2.00. The maximum Gasteiger partial charge on any atom is 0.120 e. The number of aliphatic hydroxyl groups is 1. The lowest BCUT2D eigenvalue weighted by Gasteiger charge is -2.13. The van der Waals surface area contributed by atoms with Crippen LogP contribution < -0.4 is 0 Å². The van der Waals surface area contributed by atoms with Crippen LogP contribution >= 0.6 is 0 Å². The van der Waals surface area contributed by atoms with Gasteiger partial charge in [-0.15, -0.1) is 0 Å². The van der Waals surface area contributed by atoms with Gasteiger partial charge in [0.2, 0.25) is 0 Å². The van der Waals surface area contributed by atoms with Crippen LogP contribution in [0, 0.1) is 0 Å². The van der Waals surface area contributed by atoms with Gasteiger partial charge < -0.3 is 15.1 Å². The molecule has 0 unspecified atom stereocenters. The van der Waals surface area contributed by atoms with Crippen molar-refractivity contribution in [3.8, 4) is 5.75 Å². The molecular weight excluding hydrogens is 190 g/mol. The van der Waals surface area contributed by atoms with Gasteiger partial charge in [-0.2, -0.15) is 0 Å². The molecule has 2 N–H and O–H groups in total. The Morgan fingerprint density at radius 1 is 1.33 bits per heavy atom. The molecule has 1 aromatic carbocycles. The van der Waals surface area contributed by atoms with E-state index in [4.69, 9.17) is 0 Å². The van der Waals surface area contributed by atoms with Crippen molar-refractivity contribution in [2.45, 2.75) is 26.0 Å². The van der Waals surface area contributed by atoms with Gasteiger partial charge in [0.1, 0.15) is 5.75 Å². The second kappa shape index (κ2) is 5.14. The highest BCUT2D eigenvalue weighted by Crippen LogP contribution is 2.20. The summed E-state index contributed by atoms with van der Waals surface area (Å²) in [7, 11) is 3.92. The Bertz CT molecular complexity index is 321. The average Bonchev–Trinajstić information content (AvgIpc) is 2.09. The largest absolute Gasteiger partial charge is 0.508 e. The van der Waals surface area contributed by atoms with Crippen molar-refractivity contribution in [1.82, 2.24) is 4.90 Å². The van der Waals surface area contributed by atoms with Crippen molar-refractivity contribution in [3.63, 3.8) is 0 Å². The Hall–Kier alpha value is -1.06. The molecule has 1 aromatic rings. The number of rotatable bonds is 4. The predicted octanol–water partition coefficient (Wildman–Crippen LogP) is 1.38. The highest BCUT2D eigenvalue weighted by atomic mass is 16.3. The van der Waals surface area contributed by atoms with E-state index in [-0.39, 0.29) is 6.10 Å². The van der Waals surface area contributed by atoms with E-state index >= 15 is 0 Å². The van der Waals surface area contributed by atoms with Gasteiger partial charge in [-0.05, 0) is 39.1 Å².